The van der Waals surface area contributed by atoms with E-state index in [2.05, 4.69) is 0 Å². The Hall–Kier alpha value is -3.55. The highest BCUT2D eigenvalue weighted by molar-refractivity contribution is 5.93. The molecule has 0 fully saturated rings. The molecule has 1 heterocycles. The van der Waals surface area contributed by atoms with Crippen LogP contribution in [0.25, 0.3) is 0 Å². The number of hydrogen-bond donors (Lipinski definition) is 1. The maximum absolute atomic E-state index is 13.9. The Morgan fingerprint density at radius 2 is 1.71 bits per heavy atom. The van der Waals surface area contributed by atoms with Gasteiger partial charge in [-0.2, -0.15) is 0 Å². The molecule has 0 saturated carbocycles. The number of primary amides is 1. The Kier molecular flexibility index (Phi) is 8.38. The second-order valence-corrected chi connectivity index (χ2v) is 9.25. The van der Waals surface area contributed by atoms with Gasteiger partial charge in [0.15, 0.2) is 0 Å². The summed E-state index contributed by atoms with van der Waals surface area (Å²) in [4.78, 5) is 42.3. The highest BCUT2D eigenvalue weighted by Crippen LogP contribution is 2.30. The first-order chi connectivity index (χ1) is 16.6. The molecular formula is C27H31F2N3O3. The number of nitrogens with two attached hydrogens (primary N) is 1. The van der Waals surface area contributed by atoms with Crippen molar-refractivity contribution in [3.8, 4) is 0 Å². The molecule has 0 saturated heterocycles. The second kappa shape index (κ2) is 11.3. The first kappa shape index (κ1) is 26.1. The number of halogens is 2. The fourth-order valence-electron chi connectivity index (χ4n) is 4.42. The van der Waals surface area contributed by atoms with Crippen LogP contribution in [0.3, 0.4) is 0 Å². The molecule has 0 aromatic heterocycles. The second-order valence-electron chi connectivity index (χ2n) is 9.25. The monoisotopic (exact) mass is 483 g/mol. The van der Waals surface area contributed by atoms with Crippen molar-refractivity contribution in [3.05, 3.63) is 83.4 Å². The zero-order chi connectivity index (χ0) is 25.7. The predicted octanol–water partition coefficient (Wildman–Crippen LogP) is 3.76. The molecule has 3 atom stereocenters. The third-order valence-electron chi connectivity index (χ3n) is 6.02. The third-order valence-corrected chi connectivity index (χ3v) is 6.02. The standard InChI is InChI=1S/C27H31F2N3O3/c1-17(2)16-31-23(20-8-5-4-6-9-20)10-7-11-24(27(31)35)32(18(3)26(30)34)25(33)14-19-12-21(28)15-22(29)13-19/h4-10,12-13,15,17-18,23-24H,11,14,16H2,1-3H3,(H2,30,34)/t18-,23-,24+/m0/s1. The van der Waals surface area contributed by atoms with Crippen molar-refractivity contribution in [2.45, 2.75) is 51.7 Å². The molecule has 0 bridgehead atoms. The molecule has 35 heavy (non-hydrogen) atoms. The molecular weight excluding hydrogens is 452 g/mol. The van der Waals surface area contributed by atoms with Crippen LogP contribution in [-0.2, 0) is 20.8 Å². The lowest BCUT2D eigenvalue weighted by atomic mass is 10.0. The van der Waals surface area contributed by atoms with Gasteiger partial charge in [0.05, 0.1) is 12.5 Å². The van der Waals surface area contributed by atoms with Gasteiger partial charge in [0, 0.05) is 12.6 Å². The van der Waals surface area contributed by atoms with Crippen molar-refractivity contribution < 1.29 is 23.2 Å². The van der Waals surface area contributed by atoms with E-state index in [4.69, 9.17) is 5.73 Å². The van der Waals surface area contributed by atoms with E-state index in [1.807, 2.05) is 56.3 Å². The summed E-state index contributed by atoms with van der Waals surface area (Å²) >= 11 is 0. The zero-order valence-corrected chi connectivity index (χ0v) is 20.2. The van der Waals surface area contributed by atoms with Gasteiger partial charge in [0.25, 0.3) is 0 Å². The molecule has 0 unspecified atom stereocenters. The van der Waals surface area contributed by atoms with Crippen LogP contribution < -0.4 is 5.73 Å². The van der Waals surface area contributed by atoms with Gasteiger partial charge in [-0.3, -0.25) is 14.4 Å². The van der Waals surface area contributed by atoms with Gasteiger partial charge in [0.2, 0.25) is 17.7 Å². The number of carbonyl (C=O) groups excluding carboxylic acids is 3. The van der Waals surface area contributed by atoms with E-state index in [0.717, 1.165) is 17.7 Å². The van der Waals surface area contributed by atoms with E-state index in [9.17, 15) is 23.2 Å². The quantitative estimate of drug-likeness (QED) is 0.581. The highest BCUT2D eigenvalue weighted by atomic mass is 19.1. The van der Waals surface area contributed by atoms with Crippen molar-refractivity contribution in [1.82, 2.24) is 9.80 Å². The molecule has 1 aliphatic rings. The molecule has 0 aliphatic carbocycles. The molecule has 2 aromatic carbocycles. The zero-order valence-electron chi connectivity index (χ0n) is 20.2. The number of rotatable bonds is 8. The summed E-state index contributed by atoms with van der Waals surface area (Å²) in [5.41, 5.74) is 6.57. The van der Waals surface area contributed by atoms with Crippen molar-refractivity contribution in [1.29, 1.82) is 0 Å². The van der Waals surface area contributed by atoms with E-state index < -0.39 is 35.5 Å². The van der Waals surface area contributed by atoms with Gasteiger partial charge in [-0.1, -0.05) is 56.3 Å². The number of nitrogens with zero attached hydrogens (tertiary/aromatic N) is 2. The average molecular weight is 484 g/mol. The molecule has 0 radical (unpaired) electrons. The first-order valence-electron chi connectivity index (χ1n) is 11.7. The minimum Gasteiger partial charge on any atom is -0.368 e. The van der Waals surface area contributed by atoms with Crippen LogP contribution in [0.4, 0.5) is 8.78 Å². The Morgan fingerprint density at radius 3 is 2.29 bits per heavy atom. The summed E-state index contributed by atoms with van der Waals surface area (Å²) < 4.78 is 27.4. The van der Waals surface area contributed by atoms with Gasteiger partial charge >= 0.3 is 0 Å². The number of amides is 3. The van der Waals surface area contributed by atoms with E-state index in [0.29, 0.717) is 12.6 Å². The minimum absolute atomic E-state index is 0.104. The topological polar surface area (TPSA) is 83.7 Å². The van der Waals surface area contributed by atoms with Crippen molar-refractivity contribution in [2.24, 2.45) is 11.7 Å². The number of carbonyl (C=O) groups is 3. The van der Waals surface area contributed by atoms with Crippen LogP contribution in [0.5, 0.6) is 0 Å². The Labute approximate surface area is 204 Å². The summed E-state index contributed by atoms with van der Waals surface area (Å²) in [6.45, 7) is 5.87. The molecule has 2 aromatic rings. The Bertz CT molecular complexity index is 1080. The lowest BCUT2D eigenvalue weighted by molar-refractivity contribution is -0.151. The van der Waals surface area contributed by atoms with Crippen LogP contribution in [0.15, 0.2) is 60.7 Å². The summed E-state index contributed by atoms with van der Waals surface area (Å²) in [5, 5.41) is 0. The molecule has 2 N–H and O–H groups in total. The normalized spacial score (nSPS) is 18.9. The number of benzene rings is 2. The Morgan fingerprint density at radius 1 is 1.09 bits per heavy atom. The van der Waals surface area contributed by atoms with Gasteiger partial charge in [-0.05, 0) is 42.5 Å². The maximum Gasteiger partial charge on any atom is 0.246 e. The summed E-state index contributed by atoms with van der Waals surface area (Å²) in [6.07, 6.45) is 3.55. The molecule has 186 valence electrons. The van der Waals surface area contributed by atoms with Crippen LogP contribution in [0.1, 0.15) is 44.4 Å². The fourth-order valence-corrected chi connectivity index (χ4v) is 4.42. The third kappa shape index (κ3) is 6.32. The molecule has 0 spiro atoms. The summed E-state index contributed by atoms with van der Waals surface area (Å²) in [7, 11) is 0. The SMILES string of the molecule is CC(C)CN1C(=O)[C@H](N(C(=O)Cc2cc(F)cc(F)c2)[C@@H](C)C(N)=O)CC=C[C@H]1c1ccccc1. The predicted molar refractivity (Wildman–Crippen MR) is 129 cm³/mol. The molecule has 8 heteroatoms. The first-order valence-corrected chi connectivity index (χ1v) is 11.7. The van der Waals surface area contributed by atoms with Crippen molar-refractivity contribution >= 4 is 17.7 Å². The Balaban J connectivity index is 1.99. The fraction of sp³-hybridized carbons (Fsp3) is 0.370. The molecule has 1 aliphatic heterocycles. The van der Waals surface area contributed by atoms with Crippen molar-refractivity contribution in [3.63, 3.8) is 0 Å². The largest absolute Gasteiger partial charge is 0.368 e. The molecule has 3 rings (SSSR count). The number of hydrogen-bond acceptors (Lipinski definition) is 3. The van der Waals surface area contributed by atoms with Gasteiger partial charge < -0.3 is 15.5 Å². The van der Waals surface area contributed by atoms with E-state index in [1.54, 1.807) is 4.90 Å². The summed E-state index contributed by atoms with van der Waals surface area (Å²) in [6, 6.07) is 9.94. The highest BCUT2D eigenvalue weighted by Gasteiger charge is 2.40. The van der Waals surface area contributed by atoms with Crippen LogP contribution in [0.2, 0.25) is 0 Å². The smallest absolute Gasteiger partial charge is 0.246 e. The minimum atomic E-state index is -1.10. The van der Waals surface area contributed by atoms with E-state index in [1.165, 1.54) is 11.8 Å². The van der Waals surface area contributed by atoms with E-state index in [-0.39, 0.29) is 36.3 Å². The van der Waals surface area contributed by atoms with Gasteiger partial charge in [-0.15, -0.1) is 0 Å². The lowest BCUT2D eigenvalue weighted by Gasteiger charge is -2.38. The molecule has 3 amide bonds. The van der Waals surface area contributed by atoms with Gasteiger partial charge in [-0.25, -0.2) is 8.78 Å². The van der Waals surface area contributed by atoms with Gasteiger partial charge in [0.1, 0.15) is 23.7 Å². The van der Waals surface area contributed by atoms with E-state index >= 15 is 0 Å². The lowest BCUT2D eigenvalue weighted by Crippen LogP contribution is -2.57. The summed E-state index contributed by atoms with van der Waals surface area (Å²) in [5.74, 6) is -3.19. The van der Waals surface area contributed by atoms with Crippen LogP contribution in [-0.4, -0.2) is 46.1 Å². The van der Waals surface area contributed by atoms with Crippen molar-refractivity contribution in [2.75, 3.05) is 6.54 Å². The van der Waals surface area contributed by atoms with Crippen LogP contribution in [0, 0.1) is 17.6 Å². The maximum atomic E-state index is 13.9. The molecule has 6 nitrogen and oxygen atoms in total. The average Bonchev–Trinajstić information content (AvgIpc) is 2.93. The van der Waals surface area contributed by atoms with Crippen LogP contribution >= 0.6 is 0 Å².